The molecule has 0 aromatic heterocycles. The Morgan fingerprint density at radius 1 is 1.41 bits per heavy atom. The number of rotatable bonds is 2. The molecule has 17 heavy (non-hydrogen) atoms. The van der Waals surface area contributed by atoms with Crippen LogP contribution in [0.3, 0.4) is 0 Å². The Hall–Kier alpha value is -1.27. The van der Waals surface area contributed by atoms with Gasteiger partial charge in [0.2, 0.25) is 0 Å². The van der Waals surface area contributed by atoms with Gasteiger partial charge in [0.1, 0.15) is 0 Å². The Bertz CT molecular complexity index is 434. The van der Waals surface area contributed by atoms with Crippen molar-refractivity contribution in [3.63, 3.8) is 0 Å². The Morgan fingerprint density at radius 3 is 2.47 bits per heavy atom. The third-order valence-corrected chi connectivity index (χ3v) is 2.31. The Morgan fingerprint density at radius 2 is 2.00 bits per heavy atom. The molecule has 0 heterocycles. The standard InChI is InChI=1S/C10H9ClF3NO2/c1-15(17-2)9(16)7-4-3-6(11)5-8(7)10(12,13)14/h3-5H,1-2H3. The first-order chi connectivity index (χ1) is 7.77. The molecule has 1 rings (SSSR count). The molecule has 0 unspecified atom stereocenters. The van der Waals surface area contributed by atoms with Crippen molar-refractivity contribution < 1.29 is 22.8 Å². The predicted molar refractivity (Wildman–Crippen MR) is 55.6 cm³/mol. The van der Waals surface area contributed by atoms with Gasteiger partial charge in [-0.2, -0.15) is 13.2 Å². The van der Waals surface area contributed by atoms with E-state index in [0.29, 0.717) is 11.1 Å². The van der Waals surface area contributed by atoms with Crippen LogP contribution in [0.25, 0.3) is 0 Å². The summed E-state index contributed by atoms with van der Waals surface area (Å²) in [6.45, 7) is 0. The molecule has 0 aliphatic carbocycles. The van der Waals surface area contributed by atoms with Crippen molar-refractivity contribution in [3.05, 3.63) is 34.3 Å². The van der Waals surface area contributed by atoms with Crippen LogP contribution < -0.4 is 0 Å². The maximum atomic E-state index is 12.7. The van der Waals surface area contributed by atoms with Gasteiger partial charge in [-0.25, -0.2) is 5.06 Å². The highest BCUT2D eigenvalue weighted by Gasteiger charge is 2.36. The lowest BCUT2D eigenvalue weighted by atomic mass is 10.1. The number of benzene rings is 1. The number of hydroxylamine groups is 2. The average molecular weight is 268 g/mol. The van der Waals surface area contributed by atoms with Crippen LogP contribution in [0, 0.1) is 0 Å². The SMILES string of the molecule is CON(C)C(=O)c1ccc(Cl)cc1C(F)(F)F. The van der Waals surface area contributed by atoms with Gasteiger partial charge in [-0.05, 0) is 18.2 Å². The molecule has 0 atom stereocenters. The fourth-order valence-electron chi connectivity index (χ4n) is 1.19. The van der Waals surface area contributed by atoms with E-state index >= 15 is 0 Å². The molecule has 0 spiro atoms. The topological polar surface area (TPSA) is 29.5 Å². The number of hydrogen-bond acceptors (Lipinski definition) is 2. The second kappa shape index (κ2) is 4.93. The highest BCUT2D eigenvalue weighted by molar-refractivity contribution is 6.30. The zero-order valence-electron chi connectivity index (χ0n) is 9.01. The lowest BCUT2D eigenvalue weighted by Gasteiger charge is -2.17. The Labute approximate surface area is 101 Å². The number of nitrogens with zero attached hydrogens (tertiary/aromatic N) is 1. The van der Waals surface area contributed by atoms with E-state index in [4.69, 9.17) is 11.6 Å². The van der Waals surface area contributed by atoms with Crippen molar-refractivity contribution in [2.45, 2.75) is 6.18 Å². The molecular formula is C10H9ClF3NO2. The molecule has 94 valence electrons. The highest BCUT2D eigenvalue weighted by Crippen LogP contribution is 2.34. The van der Waals surface area contributed by atoms with E-state index < -0.39 is 23.2 Å². The van der Waals surface area contributed by atoms with Crippen molar-refractivity contribution in [1.29, 1.82) is 0 Å². The zero-order valence-corrected chi connectivity index (χ0v) is 9.76. The Balaban J connectivity index is 3.29. The summed E-state index contributed by atoms with van der Waals surface area (Å²) in [5.74, 6) is -0.892. The van der Waals surface area contributed by atoms with Gasteiger partial charge in [0.15, 0.2) is 0 Å². The van der Waals surface area contributed by atoms with Gasteiger partial charge in [0.05, 0.1) is 18.2 Å². The van der Waals surface area contributed by atoms with Crippen LogP contribution in [-0.4, -0.2) is 25.1 Å². The monoisotopic (exact) mass is 267 g/mol. The zero-order chi connectivity index (χ0) is 13.2. The summed E-state index contributed by atoms with van der Waals surface area (Å²) in [6, 6.07) is 2.94. The first-order valence-electron chi connectivity index (χ1n) is 4.46. The summed E-state index contributed by atoms with van der Waals surface area (Å²) in [4.78, 5) is 16.2. The smallest absolute Gasteiger partial charge is 0.274 e. The minimum Gasteiger partial charge on any atom is -0.274 e. The molecule has 0 aliphatic heterocycles. The second-order valence-electron chi connectivity index (χ2n) is 3.17. The van der Waals surface area contributed by atoms with E-state index in [1.165, 1.54) is 20.2 Å². The van der Waals surface area contributed by atoms with E-state index in [2.05, 4.69) is 4.84 Å². The molecule has 1 aromatic carbocycles. The molecule has 0 aliphatic rings. The van der Waals surface area contributed by atoms with Crippen molar-refractivity contribution in [1.82, 2.24) is 5.06 Å². The van der Waals surface area contributed by atoms with Crippen LogP contribution in [0.1, 0.15) is 15.9 Å². The summed E-state index contributed by atoms with van der Waals surface area (Å²) in [5.41, 5.74) is -1.59. The number of carbonyl (C=O) groups is 1. The lowest BCUT2D eigenvalue weighted by molar-refractivity contribution is -0.138. The summed E-state index contributed by atoms with van der Waals surface area (Å²) in [7, 11) is 2.40. The van der Waals surface area contributed by atoms with Crippen LogP contribution in [0.15, 0.2) is 18.2 Å². The first-order valence-corrected chi connectivity index (χ1v) is 4.84. The molecule has 1 aromatic rings. The number of amides is 1. The maximum Gasteiger partial charge on any atom is 0.417 e. The van der Waals surface area contributed by atoms with Crippen LogP contribution in [0.2, 0.25) is 5.02 Å². The van der Waals surface area contributed by atoms with Crippen molar-refractivity contribution in [2.75, 3.05) is 14.2 Å². The van der Waals surface area contributed by atoms with Gasteiger partial charge in [-0.1, -0.05) is 11.6 Å². The van der Waals surface area contributed by atoms with Gasteiger partial charge in [-0.15, -0.1) is 0 Å². The van der Waals surface area contributed by atoms with Crippen LogP contribution in [0.5, 0.6) is 0 Å². The van der Waals surface area contributed by atoms with Crippen molar-refractivity contribution in [2.24, 2.45) is 0 Å². The maximum absolute atomic E-state index is 12.7. The number of carbonyl (C=O) groups excluding carboxylic acids is 1. The van der Waals surface area contributed by atoms with E-state index in [0.717, 1.165) is 6.07 Å². The molecule has 0 bridgehead atoms. The number of halogens is 4. The summed E-state index contributed by atoms with van der Waals surface area (Å²) in [6.07, 6.45) is -4.65. The molecule has 3 nitrogen and oxygen atoms in total. The van der Waals surface area contributed by atoms with Crippen LogP contribution in [-0.2, 0) is 11.0 Å². The summed E-state index contributed by atoms with van der Waals surface area (Å²) < 4.78 is 38.1. The fourth-order valence-corrected chi connectivity index (χ4v) is 1.36. The minimum absolute atomic E-state index is 0.0889. The molecule has 1 amide bonds. The summed E-state index contributed by atoms with van der Waals surface area (Å²) >= 11 is 5.48. The Kier molecular flexibility index (Phi) is 4.00. The van der Waals surface area contributed by atoms with E-state index in [9.17, 15) is 18.0 Å². The van der Waals surface area contributed by atoms with Gasteiger partial charge < -0.3 is 0 Å². The summed E-state index contributed by atoms with van der Waals surface area (Å²) in [5, 5.41) is 0.618. The van der Waals surface area contributed by atoms with E-state index in [1.54, 1.807) is 0 Å². The molecule has 0 saturated heterocycles. The highest BCUT2D eigenvalue weighted by atomic mass is 35.5. The van der Waals surface area contributed by atoms with Crippen molar-refractivity contribution >= 4 is 17.5 Å². The molecule has 7 heteroatoms. The second-order valence-corrected chi connectivity index (χ2v) is 3.61. The predicted octanol–water partition coefficient (Wildman–Crippen LogP) is 2.99. The van der Waals surface area contributed by atoms with E-state index in [1.807, 2.05) is 0 Å². The number of hydrogen-bond donors (Lipinski definition) is 0. The van der Waals surface area contributed by atoms with Crippen LogP contribution >= 0.6 is 11.6 Å². The minimum atomic E-state index is -4.65. The third kappa shape index (κ3) is 3.10. The van der Waals surface area contributed by atoms with Crippen LogP contribution in [0.4, 0.5) is 13.2 Å². The molecule has 0 fully saturated rings. The average Bonchev–Trinajstić information content (AvgIpc) is 2.25. The third-order valence-electron chi connectivity index (χ3n) is 2.08. The van der Waals surface area contributed by atoms with Gasteiger partial charge in [-0.3, -0.25) is 9.63 Å². The van der Waals surface area contributed by atoms with Gasteiger partial charge in [0.25, 0.3) is 5.91 Å². The number of alkyl halides is 3. The van der Waals surface area contributed by atoms with Gasteiger partial charge in [0, 0.05) is 12.1 Å². The van der Waals surface area contributed by atoms with Crippen molar-refractivity contribution in [3.8, 4) is 0 Å². The first kappa shape index (κ1) is 13.8. The molecule has 0 N–H and O–H groups in total. The lowest BCUT2D eigenvalue weighted by Crippen LogP contribution is -2.27. The normalized spacial score (nSPS) is 11.4. The van der Waals surface area contributed by atoms with E-state index in [-0.39, 0.29) is 5.02 Å². The molecular weight excluding hydrogens is 259 g/mol. The fraction of sp³-hybridized carbons (Fsp3) is 0.300. The quantitative estimate of drug-likeness (QED) is 0.771. The van der Waals surface area contributed by atoms with Gasteiger partial charge >= 0.3 is 6.18 Å². The largest absolute Gasteiger partial charge is 0.417 e. The molecule has 0 saturated carbocycles. The molecule has 0 radical (unpaired) electrons.